The second kappa shape index (κ2) is 7.09. The van der Waals surface area contributed by atoms with Crippen molar-refractivity contribution in [2.75, 3.05) is 6.61 Å². The Balaban J connectivity index is -0.000000853. The van der Waals surface area contributed by atoms with Gasteiger partial charge in [-0.05, 0) is 0 Å². The molecule has 0 radical (unpaired) electrons. The van der Waals surface area contributed by atoms with Gasteiger partial charge in [-0.2, -0.15) is 0 Å². The van der Waals surface area contributed by atoms with Crippen LogP contribution in [0, 0.1) is 0 Å². The van der Waals surface area contributed by atoms with E-state index in [0.717, 1.165) is 0 Å². The first-order valence-corrected chi connectivity index (χ1v) is 5.83. The Labute approximate surface area is 129 Å². The summed E-state index contributed by atoms with van der Waals surface area (Å²) >= 11 is 0. The van der Waals surface area contributed by atoms with Gasteiger partial charge >= 0.3 is 45.6 Å². The molecule has 0 amide bonds. The standard InChI is InChI=1S/C6H13O9P.Ca.2H/c7-3-2(1-14-16(11,12)13)15-6(10)5(9)4(3)8;;;/h2-10H,1H2,(H2,11,12,13);;;/q;+2;2*-1/t2-,3-,4+,5-,6+;;;/m1.../s1. The fourth-order valence-corrected chi connectivity index (χ4v) is 1.58. The molecular formula is C6H15CaO9P. The third-order valence-corrected chi connectivity index (χ3v) is 2.58. The van der Waals surface area contributed by atoms with Gasteiger partial charge in [0.25, 0.3) is 0 Å². The summed E-state index contributed by atoms with van der Waals surface area (Å²) in [5, 5.41) is 36.7. The molecular weight excluding hydrogens is 287 g/mol. The number of aliphatic hydroxyl groups excluding tert-OH is 4. The van der Waals surface area contributed by atoms with Crippen molar-refractivity contribution in [1.29, 1.82) is 0 Å². The van der Waals surface area contributed by atoms with Crippen molar-refractivity contribution >= 4 is 45.6 Å². The summed E-state index contributed by atoms with van der Waals surface area (Å²) in [5.74, 6) is 0. The second-order valence-corrected chi connectivity index (χ2v) is 4.56. The Hall–Kier alpha value is 1.17. The van der Waals surface area contributed by atoms with Crippen molar-refractivity contribution < 1.29 is 46.9 Å². The van der Waals surface area contributed by atoms with Crippen molar-refractivity contribution in [3.8, 4) is 0 Å². The van der Waals surface area contributed by atoms with Gasteiger partial charge in [0.2, 0.25) is 0 Å². The third kappa shape index (κ3) is 5.35. The van der Waals surface area contributed by atoms with Crippen LogP contribution < -0.4 is 0 Å². The molecule has 0 aromatic carbocycles. The molecule has 9 nitrogen and oxygen atoms in total. The summed E-state index contributed by atoms with van der Waals surface area (Å²) < 4.78 is 19.0. The van der Waals surface area contributed by atoms with Crippen molar-refractivity contribution in [1.82, 2.24) is 0 Å². The van der Waals surface area contributed by atoms with Crippen LogP contribution in [0.1, 0.15) is 2.85 Å². The number of ether oxygens (including phenoxy) is 1. The topological polar surface area (TPSA) is 157 Å². The quantitative estimate of drug-likeness (QED) is 0.232. The molecule has 0 bridgehead atoms. The first-order valence-electron chi connectivity index (χ1n) is 4.30. The van der Waals surface area contributed by atoms with Crippen LogP contribution in [0.15, 0.2) is 0 Å². The van der Waals surface area contributed by atoms with Crippen LogP contribution >= 0.6 is 7.82 Å². The van der Waals surface area contributed by atoms with Crippen LogP contribution in [-0.4, -0.2) is 105 Å². The summed E-state index contributed by atoms with van der Waals surface area (Å²) in [6.45, 7) is -0.730. The number of hydrogen-bond acceptors (Lipinski definition) is 7. The molecule has 100 valence electrons. The molecule has 1 saturated heterocycles. The van der Waals surface area contributed by atoms with E-state index in [2.05, 4.69) is 9.26 Å². The van der Waals surface area contributed by atoms with Crippen LogP contribution in [0.2, 0.25) is 0 Å². The molecule has 0 unspecified atom stereocenters. The van der Waals surface area contributed by atoms with Crippen LogP contribution in [-0.2, 0) is 13.8 Å². The molecule has 0 aromatic heterocycles. The van der Waals surface area contributed by atoms with Gasteiger partial charge in [-0.1, -0.05) is 0 Å². The molecule has 11 heteroatoms. The summed E-state index contributed by atoms with van der Waals surface area (Å²) in [4.78, 5) is 16.8. The third-order valence-electron chi connectivity index (χ3n) is 2.09. The number of phosphoric acid groups is 1. The molecule has 1 rings (SSSR count). The van der Waals surface area contributed by atoms with Gasteiger partial charge < -0.3 is 37.8 Å². The average Bonchev–Trinajstić information content (AvgIpc) is 2.17. The van der Waals surface area contributed by atoms with Crippen LogP contribution in [0.5, 0.6) is 0 Å². The van der Waals surface area contributed by atoms with E-state index in [4.69, 9.17) is 20.0 Å². The molecule has 1 heterocycles. The van der Waals surface area contributed by atoms with Gasteiger partial charge in [-0.15, -0.1) is 0 Å². The molecule has 0 aliphatic carbocycles. The minimum absolute atomic E-state index is 0. The van der Waals surface area contributed by atoms with Gasteiger partial charge in [-0.3, -0.25) is 4.52 Å². The van der Waals surface area contributed by atoms with Crippen molar-refractivity contribution in [3.05, 3.63) is 0 Å². The number of hydrogen-bond donors (Lipinski definition) is 6. The zero-order chi connectivity index (χ0) is 12.5. The molecule has 0 aromatic rings. The van der Waals surface area contributed by atoms with Gasteiger partial charge in [0.1, 0.15) is 24.4 Å². The zero-order valence-electron chi connectivity index (χ0n) is 10.7. The summed E-state index contributed by atoms with van der Waals surface area (Å²) in [7, 11) is -4.73. The first kappa shape index (κ1) is 18.2. The van der Waals surface area contributed by atoms with Crippen LogP contribution in [0.4, 0.5) is 0 Å². The van der Waals surface area contributed by atoms with Gasteiger partial charge in [0.05, 0.1) is 6.61 Å². The molecule has 5 atom stereocenters. The normalized spacial score (nSPS) is 38.6. The largest absolute Gasteiger partial charge is 2.00 e. The van der Waals surface area contributed by atoms with Crippen LogP contribution in [0.3, 0.4) is 0 Å². The van der Waals surface area contributed by atoms with E-state index in [1.165, 1.54) is 0 Å². The van der Waals surface area contributed by atoms with E-state index in [-0.39, 0.29) is 40.6 Å². The van der Waals surface area contributed by atoms with Gasteiger partial charge in [-0.25, -0.2) is 4.57 Å². The monoisotopic (exact) mass is 302 g/mol. The van der Waals surface area contributed by atoms with E-state index in [1.807, 2.05) is 0 Å². The molecule has 1 aliphatic heterocycles. The van der Waals surface area contributed by atoms with E-state index < -0.39 is 45.1 Å². The number of phosphoric ester groups is 1. The molecule has 6 N–H and O–H groups in total. The van der Waals surface area contributed by atoms with Crippen molar-refractivity contribution in [3.63, 3.8) is 0 Å². The second-order valence-electron chi connectivity index (χ2n) is 3.32. The maximum atomic E-state index is 10.4. The summed E-state index contributed by atoms with van der Waals surface area (Å²) in [5.41, 5.74) is 0. The Morgan fingerprint density at radius 1 is 1.12 bits per heavy atom. The maximum absolute atomic E-state index is 10.4. The summed E-state index contributed by atoms with van der Waals surface area (Å²) in [6.07, 6.45) is -8.11. The molecule has 0 spiro atoms. The summed E-state index contributed by atoms with van der Waals surface area (Å²) in [6, 6.07) is 0. The Morgan fingerprint density at radius 3 is 2.12 bits per heavy atom. The van der Waals surface area contributed by atoms with Gasteiger partial charge in [0.15, 0.2) is 6.29 Å². The Bertz CT molecular complexity index is 292. The minimum Gasteiger partial charge on any atom is -1.00 e. The fourth-order valence-electron chi connectivity index (χ4n) is 1.24. The zero-order valence-corrected chi connectivity index (χ0v) is 11.8. The Kier molecular flexibility index (Phi) is 7.57. The smallest absolute Gasteiger partial charge is 1.00 e. The molecule has 1 aliphatic rings. The van der Waals surface area contributed by atoms with E-state index >= 15 is 0 Å². The predicted octanol–water partition coefficient (Wildman–Crippen LogP) is -3.26. The molecule has 0 saturated carbocycles. The van der Waals surface area contributed by atoms with Crippen molar-refractivity contribution in [2.24, 2.45) is 0 Å². The first-order chi connectivity index (χ1) is 7.22. The predicted molar refractivity (Wildman–Crippen MR) is 54.9 cm³/mol. The molecule has 17 heavy (non-hydrogen) atoms. The average molecular weight is 302 g/mol. The number of aliphatic hydroxyl groups is 4. The van der Waals surface area contributed by atoms with E-state index in [9.17, 15) is 14.8 Å². The van der Waals surface area contributed by atoms with Gasteiger partial charge in [0, 0.05) is 0 Å². The maximum Gasteiger partial charge on any atom is 2.00 e. The number of rotatable bonds is 3. The molecule has 1 fully saturated rings. The van der Waals surface area contributed by atoms with Crippen molar-refractivity contribution in [2.45, 2.75) is 30.7 Å². The Morgan fingerprint density at radius 2 is 1.65 bits per heavy atom. The van der Waals surface area contributed by atoms with E-state index in [0.29, 0.717) is 0 Å². The minimum atomic E-state index is -4.73. The SMILES string of the molecule is O=P(O)(O)OC[C@H]1O[C@H](O)[C@H](O)[C@@H](O)[C@@H]1O.[Ca+2].[H-].[H-]. The van der Waals surface area contributed by atoms with Crippen LogP contribution in [0.25, 0.3) is 0 Å². The van der Waals surface area contributed by atoms with E-state index in [1.54, 1.807) is 0 Å². The fraction of sp³-hybridized carbons (Fsp3) is 1.00.